The van der Waals surface area contributed by atoms with Crippen molar-refractivity contribution in [1.82, 2.24) is 14.8 Å². The van der Waals surface area contributed by atoms with Crippen LogP contribution in [0.5, 0.6) is 5.75 Å². The lowest BCUT2D eigenvalue weighted by Gasteiger charge is -2.36. The second-order valence-electron chi connectivity index (χ2n) is 11.0. The van der Waals surface area contributed by atoms with Gasteiger partial charge in [0.05, 0.1) is 28.3 Å². The zero-order valence-electron chi connectivity index (χ0n) is 24.4. The van der Waals surface area contributed by atoms with Crippen molar-refractivity contribution in [3.8, 4) is 5.75 Å². The molecule has 3 aromatic rings. The number of halogens is 2. The summed E-state index contributed by atoms with van der Waals surface area (Å²) in [5.74, 6) is -1.47. The van der Waals surface area contributed by atoms with Crippen LogP contribution in [0.4, 0.5) is 11.5 Å². The lowest BCUT2D eigenvalue weighted by molar-refractivity contribution is -0.135. The van der Waals surface area contributed by atoms with E-state index in [1.807, 2.05) is 4.90 Å². The quantitative estimate of drug-likeness (QED) is 0.267. The molecule has 12 heteroatoms. The monoisotopic (exact) mass is 639 g/mol. The summed E-state index contributed by atoms with van der Waals surface area (Å²) in [6, 6.07) is 12.5. The van der Waals surface area contributed by atoms with Gasteiger partial charge in [-0.3, -0.25) is 14.4 Å². The van der Waals surface area contributed by atoms with Gasteiger partial charge in [-0.05, 0) is 61.6 Å². The first kappa shape index (κ1) is 31.7. The van der Waals surface area contributed by atoms with Crippen LogP contribution < -0.4 is 10.6 Å². The molecular weight excluding hydrogens is 605 g/mol. The molecule has 1 aromatic heterocycles. The Kier molecular flexibility index (Phi) is 10.4. The number of aromatic hydroxyl groups is 1. The molecule has 2 aliphatic heterocycles. The standard InChI is InChI=1S/C32H35Cl2N5O5/c1-44-24-10-13-38(14-11-24)15-16-39-12-2-3-25(32(39)43)20-4-6-21(7-5-20)30(41)37-29-26(17-23(34)18-27(29)40)31(42)36-28-9-8-22(33)19-35-28/h4-9,17-19,24-25,40H,2-3,10-16H2,1H3,(H,37,41)(H,35,36,42). The normalized spacial score (nSPS) is 17.8. The van der Waals surface area contributed by atoms with E-state index in [1.165, 1.54) is 24.4 Å². The highest BCUT2D eigenvalue weighted by atomic mass is 35.5. The summed E-state index contributed by atoms with van der Waals surface area (Å²) in [5, 5.41) is 16.3. The number of phenols is 1. The lowest BCUT2D eigenvalue weighted by atomic mass is 9.89. The molecule has 0 spiro atoms. The van der Waals surface area contributed by atoms with E-state index >= 15 is 0 Å². The molecule has 0 saturated carbocycles. The highest BCUT2D eigenvalue weighted by Crippen LogP contribution is 2.33. The Morgan fingerprint density at radius 1 is 0.955 bits per heavy atom. The fraction of sp³-hybridized carbons (Fsp3) is 0.375. The van der Waals surface area contributed by atoms with Crippen molar-refractivity contribution in [3.05, 3.63) is 81.5 Å². The second kappa shape index (κ2) is 14.4. The van der Waals surface area contributed by atoms with Crippen molar-refractivity contribution in [2.75, 3.05) is 50.5 Å². The van der Waals surface area contributed by atoms with Gasteiger partial charge >= 0.3 is 0 Å². The number of likely N-dealkylation sites (tertiary alicyclic amines) is 2. The molecular formula is C32H35Cl2N5O5. The maximum Gasteiger partial charge on any atom is 0.259 e. The molecule has 5 rings (SSSR count). The van der Waals surface area contributed by atoms with Crippen molar-refractivity contribution in [2.45, 2.75) is 37.7 Å². The number of amides is 3. The Labute approximate surface area is 266 Å². The molecule has 232 valence electrons. The highest BCUT2D eigenvalue weighted by Gasteiger charge is 2.30. The minimum atomic E-state index is -0.636. The summed E-state index contributed by atoms with van der Waals surface area (Å²) >= 11 is 12.0. The second-order valence-corrected chi connectivity index (χ2v) is 11.9. The van der Waals surface area contributed by atoms with Crippen molar-refractivity contribution in [1.29, 1.82) is 0 Å². The highest BCUT2D eigenvalue weighted by molar-refractivity contribution is 6.32. The summed E-state index contributed by atoms with van der Waals surface area (Å²) in [5.41, 5.74) is 1.00. The minimum Gasteiger partial charge on any atom is -0.506 e. The van der Waals surface area contributed by atoms with E-state index < -0.39 is 11.8 Å². The van der Waals surface area contributed by atoms with Gasteiger partial charge in [0, 0.05) is 62.7 Å². The summed E-state index contributed by atoms with van der Waals surface area (Å²) < 4.78 is 5.46. The van der Waals surface area contributed by atoms with Gasteiger partial charge in [-0.2, -0.15) is 0 Å². The van der Waals surface area contributed by atoms with Crippen molar-refractivity contribution in [2.24, 2.45) is 0 Å². The third-order valence-electron chi connectivity index (χ3n) is 8.19. The number of methoxy groups -OCH3 is 1. The zero-order valence-corrected chi connectivity index (χ0v) is 25.9. The van der Waals surface area contributed by atoms with Crippen LogP contribution in [-0.4, -0.2) is 83.5 Å². The van der Waals surface area contributed by atoms with Gasteiger partial charge in [-0.1, -0.05) is 35.3 Å². The summed E-state index contributed by atoms with van der Waals surface area (Å²) in [7, 11) is 1.76. The first-order valence-corrected chi connectivity index (χ1v) is 15.4. The number of rotatable bonds is 9. The van der Waals surface area contributed by atoms with Crippen LogP contribution in [0, 0.1) is 0 Å². The predicted octanol–water partition coefficient (Wildman–Crippen LogP) is 5.42. The number of piperidine rings is 2. The zero-order chi connectivity index (χ0) is 31.2. The van der Waals surface area contributed by atoms with Crippen LogP contribution in [-0.2, 0) is 9.53 Å². The molecule has 10 nitrogen and oxygen atoms in total. The van der Waals surface area contributed by atoms with Crippen LogP contribution in [0.15, 0.2) is 54.7 Å². The van der Waals surface area contributed by atoms with Gasteiger partial charge < -0.3 is 30.3 Å². The Balaban J connectivity index is 1.23. The van der Waals surface area contributed by atoms with Gasteiger partial charge in [0.1, 0.15) is 11.6 Å². The molecule has 2 aromatic carbocycles. The van der Waals surface area contributed by atoms with E-state index in [-0.39, 0.29) is 39.7 Å². The Bertz CT molecular complexity index is 1490. The van der Waals surface area contributed by atoms with E-state index in [9.17, 15) is 19.5 Å². The average Bonchev–Trinajstić information content (AvgIpc) is 3.03. The number of carbonyl (C=O) groups is 3. The molecule has 0 bridgehead atoms. The van der Waals surface area contributed by atoms with Crippen molar-refractivity contribution in [3.63, 3.8) is 0 Å². The maximum atomic E-state index is 13.4. The van der Waals surface area contributed by atoms with Crippen LogP contribution in [0.3, 0.4) is 0 Å². The SMILES string of the molecule is COC1CCN(CCN2CCCC(c3ccc(C(=O)Nc4c(O)cc(Cl)cc4C(=O)Nc4ccc(Cl)cn4)cc3)C2=O)CC1. The molecule has 2 fully saturated rings. The topological polar surface area (TPSA) is 124 Å². The van der Waals surface area contributed by atoms with Crippen LogP contribution in [0.25, 0.3) is 0 Å². The molecule has 3 heterocycles. The molecule has 44 heavy (non-hydrogen) atoms. The number of hydrogen-bond acceptors (Lipinski definition) is 7. The van der Waals surface area contributed by atoms with E-state index in [0.29, 0.717) is 23.2 Å². The van der Waals surface area contributed by atoms with Gasteiger partial charge in [0.15, 0.2) is 0 Å². The largest absolute Gasteiger partial charge is 0.506 e. The number of carbonyl (C=O) groups excluding carboxylic acids is 3. The molecule has 1 atom stereocenters. The van der Waals surface area contributed by atoms with E-state index in [2.05, 4.69) is 20.5 Å². The number of hydrogen-bond donors (Lipinski definition) is 3. The van der Waals surface area contributed by atoms with Gasteiger partial charge in [-0.15, -0.1) is 0 Å². The molecule has 1 unspecified atom stereocenters. The molecule has 0 radical (unpaired) electrons. The number of nitrogens with zero attached hydrogens (tertiary/aromatic N) is 3. The molecule has 3 N–H and O–H groups in total. The number of ether oxygens (including phenoxy) is 1. The van der Waals surface area contributed by atoms with E-state index in [1.54, 1.807) is 37.4 Å². The number of nitrogens with one attached hydrogen (secondary N) is 2. The Morgan fingerprint density at radius 2 is 1.70 bits per heavy atom. The number of pyridine rings is 1. The van der Waals surface area contributed by atoms with Crippen LogP contribution >= 0.6 is 23.2 Å². The van der Waals surface area contributed by atoms with Gasteiger partial charge in [0.25, 0.3) is 11.8 Å². The maximum absolute atomic E-state index is 13.4. The summed E-state index contributed by atoms with van der Waals surface area (Å²) in [6.45, 7) is 4.25. The van der Waals surface area contributed by atoms with E-state index in [4.69, 9.17) is 27.9 Å². The van der Waals surface area contributed by atoms with Crippen LogP contribution in [0.2, 0.25) is 10.0 Å². The smallest absolute Gasteiger partial charge is 0.259 e. The average molecular weight is 641 g/mol. The fourth-order valence-electron chi connectivity index (χ4n) is 5.69. The van der Waals surface area contributed by atoms with Crippen molar-refractivity contribution < 1.29 is 24.2 Å². The number of phenolic OH excluding ortho intramolecular Hbond substituents is 1. The molecule has 0 aliphatic carbocycles. The number of anilines is 2. The van der Waals surface area contributed by atoms with E-state index in [0.717, 1.165) is 57.4 Å². The third-order valence-corrected chi connectivity index (χ3v) is 8.64. The lowest BCUT2D eigenvalue weighted by Crippen LogP contribution is -2.46. The summed E-state index contributed by atoms with van der Waals surface area (Å²) in [6.07, 6.45) is 5.40. The van der Waals surface area contributed by atoms with Crippen molar-refractivity contribution >= 4 is 52.4 Å². The number of benzene rings is 2. The molecule has 3 amide bonds. The number of aromatic nitrogens is 1. The predicted molar refractivity (Wildman–Crippen MR) is 170 cm³/mol. The first-order valence-electron chi connectivity index (χ1n) is 14.6. The Hall–Kier alpha value is -3.70. The van der Waals surface area contributed by atoms with Crippen LogP contribution in [0.1, 0.15) is 57.9 Å². The Morgan fingerprint density at radius 3 is 2.39 bits per heavy atom. The molecule has 2 saturated heterocycles. The first-order chi connectivity index (χ1) is 21.2. The summed E-state index contributed by atoms with van der Waals surface area (Å²) in [4.78, 5) is 48.0. The molecule has 2 aliphatic rings. The van der Waals surface area contributed by atoms with Gasteiger partial charge in [-0.25, -0.2) is 4.98 Å². The minimum absolute atomic E-state index is 0.0484. The van der Waals surface area contributed by atoms with Gasteiger partial charge in [0.2, 0.25) is 5.91 Å². The fourth-order valence-corrected chi connectivity index (χ4v) is 6.02. The third kappa shape index (κ3) is 7.68.